The van der Waals surface area contributed by atoms with Crippen LogP contribution in [0.3, 0.4) is 0 Å². The van der Waals surface area contributed by atoms with Gasteiger partial charge < -0.3 is 5.73 Å². The van der Waals surface area contributed by atoms with Crippen LogP contribution in [-0.4, -0.2) is 15.3 Å². The SMILES string of the molecule is CCc1cc(CC2(N)CCC(C(C)(C)C)CC2)n(C)n1. The van der Waals surface area contributed by atoms with Crippen molar-refractivity contribution in [1.82, 2.24) is 9.78 Å². The summed E-state index contributed by atoms with van der Waals surface area (Å²) in [6.45, 7) is 9.22. The van der Waals surface area contributed by atoms with E-state index >= 15 is 0 Å². The van der Waals surface area contributed by atoms with Gasteiger partial charge >= 0.3 is 0 Å². The molecule has 0 aromatic carbocycles. The lowest BCUT2D eigenvalue weighted by Gasteiger charge is -2.42. The second-order valence-electron chi connectivity index (χ2n) is 7.78. The fourth-order valence-corrected chi connectivity index (χ4v) is 3.51. The molecule has 0 amide bonds. The maximum atomic E-state index is 6.68. The van der Waals surface area contributed by atoms with E-state index in [-0.39, 0.29) is 5.54 Å². The van der Waals surface area contributed by atoms with Crippen molar-refractivity contribution in [2.45, 2.75) is 71.8 Å². The predicted octanol–water partition coefficient (Wildman–Crippen LogP) is 3.46. The molecule has 0 saturated heterocycles. The summed E-state index contributed by atoms with van der Waals surface area (Å²) in [6.07, 6.45) is 6.77. The van der Waals surface area contributed by atoms with Gasteiger partial charge in [0, 0.05) is 24.7 Å². The molecule has 1 aliphatic carbocycles. The first-order valence-corrected chi connectivity index (χ1v) is 8.04. The Hall–Kier alpha value is -0.830. The Morgan fingerprint density at radius 3 is 2.40 bits per heavy atom. The Morgan fingerprint density at radius 2 is 1.95 bits per heavy atom. The van der Waals surface area contributed by atoms with Gasteiger partial charge in [0.05, 0.1) is 5.69 Å². The van der Waals surface area contributed by atoms with Gasteiger partial charge in [-0.05, 0) is 49.5 Å². The Labute approximate surface area is 123 Å². The highest BCUT2D eigenvalue weighted by atomic mass is 15.3. The lowest BCUT2D eigenvalue weighted by Crippen LogP contribution is -2.47. The minimum atomic E-state index is -0.0272. The zero-order valence-electron chi connectivity index (χ0n) is 13.9. The van der Waals surface area contributed by atoms with Crippen molar-refractivity contribution in [2.75, 3.05) is 0 Å². The molecule has 0 spiro atoms. The number of nitrogens with two attached hydrogens (primary N) is 1. The van der Waals surface area contributed by atoms with Gasteiger partial charge in [-0.1, -0.05) is 27.7 Å². The molecular formula is C17H31N3. The van der Waals surface area contributed by atoms with E-state index in [2.05, 4.69) is 38.9 Å². The highest BCUT2D eigenvalue weighted by molar-refractivity contribution is 5.14. The van der Waals surface area contributed by atoms with E-state index in [1.54, 1.807) is 0 Å². The minimum absolute atomic E-state index is 0.0272. The molecule has 1 saturated carbocycles. The number of rotatable bonds is 3. The van der Waals surface area contributed by atoms with E-state index in [1.165, 1.54) is 24.2 Å². The Morgan fingerprint density at radius 1 is 1.35 bits per heavy atom. The van der Waals surface area contributed by atoms with Crippen LogP contribution in [0, 0.1) is 11.3 Å². The van der Waals surface area contributed by atoms with Crippen LogP contribution >= 0.6 is 0 Å². The van der Waals surface area contributed by atoms with Crippen LogP contribution in [-0.2, 0) is 19.9 Å². The predicted molar refractivity (Wildman–Crippen MR) is 84.6 cm³/mol. The molecule has 0 unspecified atom stereocenters. The monoisotopic (exact) mass is 277 g/mol. The number of aryl methyl sites for hydroxylation is 2. The van der Waals surface area contributed by atoms with Crippen LogP contribution in [0.15, 0.2) is 6.07 Å². The fourth-order valence-electron chi connectivity index (χ4n) is 3.51. The van der Waals surface area contributed by atoms with E-state index in [9.17, 15) is 0 Å². The Bertz CT molecular complexity index is 445. The lowest BCUT2D eigenvalue weighted by atomic mass is 9.66. The molecule has 1 aliphatic rings. The summed E-state index contributed by atoms with van der Waals surface area (Å²) in [7, 11) is 2.04. The van der Waals surface area contributed by atoms with Crippen LogP contribution in [0.25, 0.3) is 0 Å². The molecular weight excluding hydrogens is 246 g/mol. The van der Waals surface area contributed by atoms with Gasteiger partial charge in [-0.25, -0.2) is 0 Å². The standard InChI is InChI=1S/C17H31N3/c1-6-14-11-15(20(5)19-14)12-17(18)9-7-13(8-10-17)16(2,3)4/h11,13H,6-10,12,18H2,1-5H3. The summed E-state index contributed by atoms with van der Waals surface area (Å²) in [5, 5.41) is 4.54. The van der Waals surface area contributed by atoms with E-state index in [4.69, 9.17) is 5.73 Å². The largest absolute Gasteiger partial charge is 0.325 e. The van der Waals surface area contributed by atoms with E-state index in [0.717, 1.165) is 31.6 Å². The zero-order chi connectivity index (χ0) is 15.0. The average Bonchev–Trinajstić information content (AvgIpc) is 2.69. The number of aromatic nitrogens is 2. The van der Waals surface area contributed by atoms with Gasteiger partial charge in [0.25, 0.3) is 0 Å². The molecule has 0 radical (unpaired) electrons. The van der Waals surface area contributed by atoms with Gasteiger partial charge in [0.15, 0.2) is 0 Å². The maximum Gasteiger partial charge on any atom is 0.0624 e. The molecule has 1 aromatic heterocycles. The summed E-state index contributed by atoms with van der Waals surface area (Å²) in [5.41, 5.74) is 9.53. The van der Waals surface area contributed by atoms with Gasteiger partial charge in [-0.3, -0.25) is 4.68 Å². The van der Waals surface area contributed by atoms with Gasteiger partial charge in [-0.2, -0.15) is 5.10 Å². The van der Waals surface area contributed by atoms with Crippen LogP contribution in [0.2, 0.25) is 0 Å². The molecule has 2 N–H and O–H groups in total. The zero-order valence-corrected chi connectivity index (χ0v) is 13.9. The fraction of sp³-hybridized carbons (Fsp3) is 0.824. The molecule has 114 valence electrons. The molecule has 0 aliphatic heterocycles. The second-order valence-corrected chi connectivity index (χ2v) is 7.78. The van der Waals surface area contributed by atoms with Crippen molar-refractivity contribution in [3.63, 3.8) is 0 Å². The molecule has 3 nitrogen and oxygen atoms in total. The molecule has 1 aromatic rings. The van der Waals surface area contributed by atoms with Crippen molar-refractivity contribution in [3.05, 3.63) is 17.5 Å². The minimum Gasteiger partial charge on any atom is -0.325 e. The first-order valence-electron chi connectivity index (χ1n) is 8.04. The number of hydrogen-bond donors (Lipinski definition) is 1. The smallest absolute Gasteiger partial charge is 0.0624 e. The highest BCUT2D eigenvalue weighted by Crippen LogP contribution is 2.41. The Balaban J connectivity index is 2.01. The van der Waals surface area contributed by atoms with Crippen molar-refractivity contribution < 1.29 is 0 Å². The topological polar surface area (TPSA) is 43.8 Å². The van der Waals surface area contributed by atoms with Gasteiger partial charge in [0.1, 0.15) is 0 Å². The highest BCUT2D eigenvalue weighted by Gasteiger charge is 2.36. The molecule has 1 heterocycles. The summed E-state index contributed by atoms with van der Waals surface area (Å²) < 4.78 is 2.02. The number of nitrogens with zero attached hydrogens (tertiary/aromatic N) is 2. The van der Waals surface area contributed by atoms with Crippen LogP contribution in [0.5, 0.6) is 0 Å². The molecule has 20 heavy (non-hydrogen) atoms. The normalized spacial score (nSPS) is 27.8. The molecule has 3 heteroatoms. The first-order chi connectivity index (χ1) is 9.23. The van der Waals surface area contributed by atoms with E-state index < -0.39 is 0 Å². The third-order valence-corrected chi connectivity index (χ3v) is 5.13. The van der Waals surface area contributed by atoms with Crippen molar-refractivity contribution >= 4 is 0 Å². The molecule has 0 atom stereocenters. The van der Waals surface area contributed by atoms with Gasteiger partial charge in [-0.15, -0.1) is 0 Å². The van der Waals surface area contributed by atoms with Crippen LogP contribution in [0.1, 0.15) is 64.8 Å². The summed E-state index contributed by atoms with van der Waals surface area (Å²) in [5.74, 6) is 0.817. The molecule has 2 rings (SSSR count). The van der Waals surface area contributed by atoms with Crippen molar-refractivity contribution in [3.8, 4) is 0 Å². The summed E-state index contributed by atoms with van der Waals surface area (Å²) >= 11 is 0. The van der Waals surface area contributed by atoms with Crippen molar-refractivity contribution in [1.29, 1.82) is 0 Å². The van der Waals surface area contributed by atoms with E-state index in [0.29, 0.717) is 5.41 Å². The summed E-state index contributed by atoms with van der Waals surface area (Å²) in [4.78, 5) is 0. The maximum absolute atomic E-state index is 6.68. The third-order valence-electron chi connectivity index (χ3n) is 5.13. The van der Waals surface area contributed by atoms with Crippen LogP contribution < -0.4 is 5.73 Å². The van der Waals surface area contributed by atoms with E-state index in [1.807, 2.05) is 11.7 Å². The Kier molecular flexibility index (Phi) is 4.29. The van der Waals surface area contributed by atoms with Crippen LogP contribution in [0.4, 0.5) is 0 Å². The third kappa shape index (κ3) is 3.43. The second kappa shape index (κ2) is 5.51. The quantitative estimate of drug-likeness (QED) is 0.919. The average molecular weight is 277 g/mol. The lowest BCUT2D eigenvalue weighted by molar-refractivity contribution is 0.133. The number of hydrogen-bond acceptors (Lipinski definition) is 2. The van der Waals surface area contributed by atoms with Gasteiger partial charge in [0.2, 0.25) is 0 Å². The summed E-state index contributed by atoms with van der Waals surface area (Å²) in [6, 6.07) is 2.23. The molecule has 0 bridgehead atoms. The first kappa shape index (κ1) is 15.6. The molecule has 1 fully saturated rings. The van der Waals surface area contributed by atoms with Crippen molar-refractivity contribution in [2.24, 2.45) is 24.1 Å².